The summed E-state index contributed by atoms with van der Waals surface area (Å²) in [7, 11) is 0. The molecule has 76 valence electrons. The molecule has 14 heavy (non-hydrogen) atoms. The zero-order chi connectivity index (χ0) is 10.6. The van der Waals surface area contributed by atoms with Crippen LogP contribution in [0.1, 0.15) is 6.42 Å². The van der Waals surface area contributed by atoms with Crippen LogP contribution in [-0.2, 0) is 4.79 Å². The monoisotopic (exact) mass is 198 g/mol. The number of aliphatic carboxylic acids is 1. The molecule has 1 aromatic rings. The Morgan fingerprint density at radius 2 is 1.86 bits per heavy atom. The number of carbonyl (C=O) groups is 1. The van der Waals surface area contributed by atoms with E-state index in [1.165, 1.54) is 0 Å². The second-order valence-corrected chi connectivity index (χ2v) is 2.45. The molecule has 1 rings (SSSR count). The van der Waals surface area contributed by atoms with Crippen molar-refractivity contribution in [1.29, 1.82) is 0 Å². The second kappa shape index (κ2) is 4.21. The van der Waals surface area contributed by atoms with Crippen molar-refractivity contribution in [3.63, 3.8) is 0 Å². The standard InChI is InChI=1S/C6H10N6O2/c7-4-10-5(8)12-6(11-4)9-2-1-3(13)14/h1-2H2,(H,13,14)(H5,7,8,9,10,11,12). The zero-order valence-electron chi connectivity index (χ0n) is 7.27. The molecule has 6 N–H and O–H groups in total. The second-order valence-electron chi connectivity index (χ2n) is 2.45. The number of nitrogens with one attached hydrogen (secondary N) is 1. The highest BCUT2D eigenvalue weighted by Gasteiger charge is 2.01. The van der Waals surface area contributed by atoms with Gasteiger partial charge in [0.15, 0.2) is 0 Å². The topological polar surface area (TPSA) is 140 Å². The van der Waals surface area contributed by atoms with Crippen LogP contribution in [0.3, 0.4) is 0 Å². The number of nitrogen functional groups attached to an aromatic ring is 2. The predicted octanol–water partition coefficient (Wildman–Crippen LogP) is -1.08. The summed E-state index contributed by atoms with van der Waals surface area (Å²) in [6.07, 6.45) is -0.0362. The lowest BCUT2D eigenvalue weighted by molar-refractivity contribution is -0.136. The van der Waals surface area contributed by atoms with E-state index in [-0.39, 0.29) is 30.8 Å². The highest BCUT2D eigenvalue weighted by molar-refractivity contribution is 5.67. The third-order valence-corrected chi connectivity index (χ3v) is 1.29. The van der Waals surface area contributed by atoms with Crippen LogP contribution in [0.25, 0.3) is 0 Å². The maximum atomic E-state index is 10.2. The minimum atomic E-state index is -0.910. The first kappa shape index (κ1) is 9.96. The Bertz CT molecular complexity index is 321. The van der Waals surface area contributed by atoms with Crippen LogP contribution >= 0.6 is 0 Å². The molecule has 0 saturated heterocycles. The van der Waals surface area contributed by atoms with Gasteiger partial charge in [-0.2, -0.15) is 15.0 Å². The van der Waals surface area contributed by atoms with Gasteiger partial charge in [0, 0.05) is 6.54 Å². The Kier molecular flexibility index (Phi) is 3.00. The molecule has 0 atom stereocenters. The molecule has 0 aliphatic rings. The molecular formula is C6H10N6O2. The van der Waals surface area contributed by atoms with Crippen molar-refractivity contribution in [1.82, 2.24) is 15.0 Å². The van der Waals surface area contributed by atoms with Gasteiger partial charge >= 0.3 is 5.97 Å². The molecule has 8 nitrogen and oxygen atoms in total. The maximum absolute atomic E-state index is 10.2. The van der Waals surface area contributed by atoms with E-state index in [1.807, 2.05) is 0 Å². The normalized spacial score (nSPS) is 9.71. The van der Waals surface area contributed by atoms with Crippen LogP contribution in [-0.4, -0.2) is 32.6 Å². The van der Waals surface area contributed by atoms with E-state index in [4.69, 9.17) is 16.6 Å². The fourth-order valence-electron chi connectivity index (χ4n) is 0.770. The number of hydrogen-bond acceptors (Lipinski definition) is 7. The van der Waals surface area contributed by atoms with Gasteiger partial charge in [-0.15, -0.1) is 0 Å². The van der Waals surface area contributed by atoms with Gasteiger partial charge in [-0.1, -0.05) is 0 Å². The van der Waals surface area contributed by atoms with Crippen molar-refractivity contribution < 1.29 is 9.90 Å². The van der Waals surface area contributed by atoms with Crippen LogP contribution in [0, 0.1) is 0 Å². The van der Waals surface area contributed by atoms with E-state index in [0.717, 1.165) is 0 Å². The fraction of sp³-hybridized carbons (Fsp3) is 0.333. The summed E-state index contributed by atoms with van der Waals surface area (Å²) in [5.41, 5.74) is 10.6. The molecule has 0 spiro atoms. The molecule has 0 radical (unpaired) electrons. The number of nitrogens with zero attached hydrogens (tertiary/aromatic N) is 3. The molecule has 0 bridgehead atoms. The summed E-state index contributed by atoms with van der Waals surface area (Å²) in [5, 5.41) is 11.0. The largest absolute Gasteiger partial charge is 0.481 e. The number of carboxylic acid groups (broad SMARTS) is 1. The molecular weight excluding hydrogens is 188 g/mol. The third-order valence-electron chi connectivity index (χ3n) is 1.29. The zero-order valence-corrected chi connectivity index (χ0v) is 7.27. The first-order valence-corrected chi connectivity index (χ1v) is 3.80. The summed E-state index contributed by atoms with van der Waals surface area (Å²) in [6.45, 7) is 0.207. The summed E-state index contributed by atoms with van der Waals surface area (Å²) >= 11 is 0. The molecule has 1 aromatic heterocycles. The SMILES string of the molecule is Nc1nc(N)nc(NCCC(=O)O)n1. The predicted molar refractivity (Wildman–Crippen MR) is 49.4 cm³/mol. The average Bonchev–Trinajstić information content (AvgIpc) is 2.01. The van der Waals surface area contributed by atoms with E-state index in [2.05, 4.69) is 20.3 Å². The quantitative estimate of drug-likeness (QED) is 0.479. The Morgan fingerprint density at radius 3 is 2.36 bits per heavy atom. The van der Waals surface area contributed by atoms with E-state index in [9.17, 15) is 4.79 Å². The molecule has 0 aromatic carbocycles. The van der Waals surface area contributed by atoms with Crippen LogP contribution in [0.4, 0.5) is 17.8 Å². The number of rotatable bonds is 4. The lowest BCUT2D eigenvalue weighted by Crippen LogP contribution is -2.12. The van der Waals surface area contributed by atoms with Crippen LogP contribution in [0.2, 0.25) is 0 Å². The molecule has 0 saturated carbocycles. The molecule has 0 aliphatic heterocycles. The lowest BCUT2D eigenvalue weighted by atomic mass is 10.4. The van der Waals surface area contributed by atoms with Gasteiger partial charge in [-0.05, 0) is 0 Å². The smallest absolute Gasteiger partial charge is 0.305 e. The summed E-state index contributed by atoms with van der Waals surface area (Å²) in [4.78, 5) is 21.1. The molecule has 0 aliphatic carbocycles. The number of nitrogens with two attached hydrogens (primary N) is 2. The Labute approximate surface area is 79.4 Å². The van der Waals surface area contributed by atoms with Gasteiger partial charge in [0.05, 0.1) is 6.42 Å². The first-order valence-electron chi connectivity index (χ1n) is 3.80. The Morgan fingerprint density at radius 1 is 1.29 bits per heavy atom. The van der Waals surface area contributed by atoms with E-state index < -0.39 is 5.97 Å². The molecule has 1 heterocycles. The van der Waals surface area contributed by atoms with Gasteiger partial charge in [0.1, 0.15) is 0 Å². The van der Waals surface area contributed by atoms with E-state index >= 15 is 0 Å². The first-order chi connectivity index (χ1) is 6.58. The van der Waals surface area contributed by atoms with Crippen LogP contribution in [0.5, 0.6) is 0 Å². The van der Waals surface area contributed by atoms with Crippen molar-refractivity contribution in [3.05, 3.63) is 0 Å². The molecule has 8 heteroatoms. The highest BCUT2D eigenvalue weighted by atomic mass is 16.4. The summed E-state index contributed by atoms with van der Waals surface area (Å²) in [5.74, 6) is -0.741. The number of anilines is 3. The number of carboxylic acids is 1. The lowest BCUT2D eigenvalue weighted by Gasteiger charge is -2.03. The van der Waals surface area contributed by atoms with Crippen molar-refractivity contribution in [2.45, 2.75) is 6.42 Å². The summed E-state index contributed by atoms with van der Waals surface area (Å²) < 4.78 is 0. The van der Waals surface area contributed by atoms with Crippen LogP contribution in [0.15, 0.2) is 0 Å². The Balaban J connectivity index is 2.54. The van der Waals surface area contributed by atoms with Crippen molar-refractivity contribution in [2.24, 2.45) is 0 Å². The minimum Gasteiger partial charge on any atom is -0.481 e. The number of hydrogen-bond donors (Lipinski definition) is 4. The summed E-state index contributed by atoms with van der Waals surface area (Å²) in [6, 6.07) is 0. The molecule has 0 unspecified atom stereocenters. The van der Waals surface area contributed by atoms with Gasteiger partial charge in [-0.25, -0.2) is 0 Å². The van der Waals surface area contributed by atoms with Crippen molar-refractivity contribution >= 4 is 23.8 Å². The van der Waals surface area contributed by atoms with Gasteiger partial charge in [-0.3, -0.25) is 4.79 Å². The molecule has 0 amide bonds. The van der Waals surface area contributed by atoms with Crippen LogP contribution < -0.4 is 16.8 Å². The van der Waals surface area contributed by atoms with Gasteiger partial charge < -0.3 is 21.9 Å². The minimum absolute atomic E-state index is 0.00433. The molecule has 0 fully saturated rings. The average molecular weight is 198 g/mol. The van der Waals surface area contributed by atoms with E-state index in [0.29, 0.717) is 0 Å². The van der Waals surface area contributed by atoms with Gasteiger partial charge in [0.25, 0.3) is 0 Å². The highest BCUT2D eigenvalue weighted by Crippen LogP contribution is 2.02. The van der Waals surface area contributed by atoms with Crippen molar-refractivity contribution in [2.75, 3.05) is 23.3 Å². The fourth-order valence-corrected chi connectivity index (χ4v) is 0.770. The van der Waals surface area contributed by atoms with E-state index in [1.54, 1.807) is 0 Å². The maximum Gasteiger partial charge on any atom is 0.305 e. The van der Waals surface area contributed by atoms with Gasteiger partial charge in [0.2, 0.25) is 17.8 Å². The third kappa shape index (κ3) is 3.09. The Hall–Kier alpha value is -2.12. The van der Waals surface area contributed by atoms with Crippen molar-refractivity contribution in [3.8, 4) is 0 Å². The number of aromatic nitrogens is 3.